The van der Waals surface area contributed by atoms with Crippen LogP contribution in [0.2, 0.25) is 0 Å². The van der Waals surface area contributed by atoms with E-state index in [9.17, 15) is 4.79 Å². The molecule has 0 unspecified atom stereocenters. The van der Waals surface area contributed by atoms with Gasteiger partial charge < -0.3 is 11.1 Å². The Kier molecular flexibility index (Phi) is 5.82. The van der Waals surface area contributed by atoms with Crippen molar-refractivity contribution in [2.75, 3.05) is 24.1 Å². The predicted molar refractivity (Wildman–Crippen MR) is 99.0 cm³/mol. The lowest BCUT2D eigenvalue weighted by atomic mass is 10.1. The summed E-state index contributed by atoms with van der Waals surface area (Å²) < 4.78 is 0. The lowest BCUT2D eigenvalue weighted by molar-refractivity contribution is -0.116. The number of para-hydroxylation sites is 1. The highest BCUT2D eigenvalue weighted by atomic mass is 32.1. The normalized spacial score (nSPS) is 15.3. The number of hydrogen-bond donors (Lipinski definition) is 2. The van der Waals surface area contributed by atoms with Gasteiger partial charge in [-0.15, -0.1) is 11.3 Å². The van der Waals surface area contributed by atoms with Gasteiger partial charge in [0.2, 0.25) is 5.91 Å². The van der Waals surface area contributed by atoms with Crippen molar-refractivity contribution in [2.45, 2.75) is 38.6 Å². The molecule has 1 saturated heterocycles. The van der Waals surface area contributed by atoms with E-state index >= 15 is 0 Å². The summed E-state index contributed by atoms with van der Waals surface area (Å²) >= 11 is 1.50. The molecule has 5 nitrogen and oxygen atoms in total. The van der Waals surface area contributed by atoms with E-state index in [1.54, 1.807) is 0 Å². The fourth-order valence-corrected chi connectivity index (χ4v) is 3.69. The number of hydrogen-bond acceptors (Lipinski definition) is 5. The number of aromatic nitrogens is 1. The molecule has 3 N–H and O–H groups in total. The smallest absolute Gasteiger partial charge is 0.226 e. The van der Waals surface area contributed by atoms with Gasteiger partial charge in [-0.3, -0.25) is 9.69 Å². The Hall–Kier alpha value is -1.92. The van der Waals surface area contributed by atoms with Gasteiger partial charge >= 0.3 is 0 Å². The van der Waals surface area contributed by atoms with Crippen molar-refractivity contribution in [3.8, 4) is 0 Å². The molecule has 24 heavy (non-hydrogen) atoms. The number of rotatable bonds is 6. The van der Waals surface area contributed by atoms with Crippen LogP contribution >= 0.6 is 11.3 Å². The second-order valence-electron chi connectivity index (χ2n) is 6.23. The van der Waals surface area contributed by atoms with Crippen molar-refractivity contribution in [1.82, 2.24) is 9.88 Å². The monoisotopic (exact) mass is 344 g/mol. The zero-order valence-corrected chi connectivity index (χ0v) is 14.6. The first kappa shape index (κ1) is 16.9. The van der Waals surface area contributed by atoms with E-state index < -0.39 is 0 Å². The van der Waals surface area contributed by atoms with Crippen LogP contribution in [0.15, 0.2) is 29.6 Å². The molecule has 1 aliphatic rings. The molecule has 0 aliphatic carbocycles. The molecule has 3 rings (SSSR count). The average Bonchev–Trinajstić information content (AvgIpc) is 3.02. The number of nitrogens with one attached hydrogen (secondary N) is 1. The maximum absolute atomic E-state index is 12.1. The van der Waals surface area contributed by atoms with Crippen LogP contribution in [0.25, 0.3) is 0 Å². The lowest BCUT2D eigenvalue weighted by Crippen LogP contribution is -2.29. The molecule has 1 aromatic heterocycles. The van der Waals surface area contributed by atoms with E-state index in [2.05, 4.69) is 15.2 Å². The van der Waals surface area contributed by atoms with Gasteiger partial charge in [-0.2, -0.15) is 0 Å². The van der Waals surface area contributed by atoms with Crippen LogP contribution in [0.3, 0.4) is 0 Å². The standard InChI is InChI=1S/C18H24N4OS/c19-16-7-3-2-6-14(16)8-9-17(23)21-18-20-15(13-24-18)12-22-10-4-1-5-11-22/h2-3,6-7,13H,1,4-5,8-12,19H2,(H,20,21,23). The fourth-order valence-electron chi connectivity index (χ4n) is 2.98. The summed E-state index contributed by atoms with van der Waals surface area (Å²) in [5.74, 6) is -0.0166. The fraction of sp³-hybridized carbons (Fsp3) is 0.444. The SMILES string of the molecule is Nc1ccccc1CCC(=O)Nc1nc(CN2CCCCC2)cs1. The number of anilines is 2. The lowest BCUT2D eigenvalue weighted by Gasteiger charge is -2.25. The third-order valence-electron chi connectivity index (χ3n) is 4.31. The molecule has 0 bridgehead atoms. The quantitative estimate of drug-likeness (QED) is 0.789. The molecule has 1 fully saturated rings. The zero-order chi connectivity index (χ0) is 16.8. The number of nitrogen functional groups attached to an aromatic ring is 1. The first-order valence-electron chi connectivity index (χ1n) is 8.51. The Labute approximate surface area is 146 Å². The van der Waals surface area contributed by atoms with Crippen molar-refractivity contribution in [1.29, 1.82) is 0 Å². The Morgan fingerprint density at radius 1 is 1.25 bits per heavy atom. The number of likely N-dealkylation sites (tertiary alicyclic amines) is 1. The average molecular weight is 344 g/mol. The third-order valence-corrected chi connectivity index (χ3v) is 5.12. The minimum absolute atomic E-state index is 0.0166. The van der Waals surface area contributed by atoms with Crippen molar-refractivity contribution < 1.29 is 4.79 Å². The minimum Gasteiger partial charge on any atom is -0.399 e. The van der Waals surface area contributed by atoms with Crippen molar-refractivity contribution in [3.63, 3.8) is 0 Å². The van der Waals surface area contributed by atoms with E-state index in [1.807, 2.05) is 29.6 Å². The number of nitrogens with zero attached hydrogens (tertiary/aromatic N) is 2. The van der Waals surface area contributed by atoms with Crippen LogP contribution in [-0.4, -0.2) is 28.9 Å². The van der Waals surface area contributed by atoms with Crippen LogP contribution < -0.4 is 11.1 Å². The van der Waals surface area contributed by atoms with E-state index in [0.717, 1.165) is 36.6 Å². The highest BCUT2D eigenvalue weighted by Crippen LogP contribution is 2.19. The Balaban J connectivity index is 1.47. The van der Waals surface area contributed by atoms with E-state index in [4.69, 9.17) is 5.73 Å². The summed E-state index contributed by atoms with van der Waals surface area (Å²) in [5.41, 5.74) is 8.70. The van der Waals surface area contributed by atoms with Gasteiger partial charge in [-0.05, 0) is 44.0 Å². The summed E-state index contributed by atoms with van der Waals surface area (Å²) in [7, 11) is 0. The van der Waals surface area contributed by atoms with Crippen LogP contribution in [0.1, 0.15) is 36.9 Å². The van der Waals surface area contributed by atoms with Crippen molar-refractivity contribution in [2.24, 2.45) is 0 Å². The molecule has 2 heterocycles. The Bertz CT molecular complexity index is 679. The molecule has 2 aromatic rings. The van der Waals surface area contributed by atoms with Crippen LogP contribution in [-0.2, 0) is 17.8 Å². The highest BCUT2D eigenvalue weighted by Gasteiger charge is 2.13. The molecule has 0 radical (unpaired) electrons. The Morgan fingerprint density at radius 3 is 2.83 bits per heavy atom. The zero-order valence-electron chi connectivity index (χ0n) is 13.8. The molecule has 128 valence electrons. The number of amides is 1. The second-order valence-corrected chi connectivity index (χ2v) is 7.09. The summed E-state index contributed by atoms with van der Waals surface area (Å²) in [4.78, 5) is 19.1. The summed E-state index contributed by atoms with van der Waals surface area (Å²) in [6.07, 6.45) is 4.94. The van der Waals surface area contributed by atoms with E-state index in [0.29, 0.717) is 18.0 Å². The number of carbonyl (C=O) groups excluding carboxylic acids is 1. The van der Waals surface area contributed by atoms with Gasteiger partial charge in [0.1, 0.15) is 0 Å². The number of aryl methyl sites for hydroxylation is 1. The first-order chi connectivity index (χ1) is 11.7. The third kappa shape index (κ3) is 4.79. The molecular weight excluding hydrogens is 320 g/mol. The van der Waals surface area contributed by atoms with Gasteiger partial charge in [-0.25, -0.2) is 4.98 Å². The molecule has 1 aromatic carbocycles. The predicted octanol–water partition coefficient (Wildman–Crippen LogP) is 3.28. The van der Waals surface area contributed by atoms with Crippen LogP contribution in [0.5, 0.6) is 0 Å². The van der Waals surface area contributed by atoms with Gasteiger partial charge in [0.05, 0.1) is 5.69 Å². The largest absolute Gasteiger partial charge is 0.399 e. The summed E-state index contributed by atoms with van der Waals surface area (Å²) in [6.45, 7) is 3.18. The van der Waals surface area contributed by atoms with E-state index in [1.165, 1.54) is 30.6 Å². The van der Waals surface area contributed by atoms with Crippen LogP contribution in [0, 0.1) is 0 Å². The molecule has 0 saturated carbocycles. The van der Waals surface area contributed by atoms with Gasteiger partial charge in [0, 0.05) is 24.0 Å². The van der Waals surface area contributed by atoms with Gasteiger partial charge in [0.25, 0.3) is 0 Å². The summed E-state index contributed by atoms with van der Waals surface area (Å²) in [5, 5.41) is 5.63. The summed E-state index contributed by atoms with van der Waals surface area (Å²) in [6, 6.07) is 7.67. The number of benzene rings is 1. The Morgan fingerprint density at radius 2 is 2.04 bits per heavy atom. The molecule has 1 amide bonds. The van der Waals surface area contributed by atoms with Gasteiger partial charge in [0.15, 0.2) is 5.13 Å². The molecule has 1 aliphatic heterocycles. The van der Waals surface area contributed by atoms with Crippen molar-refractivity contribution in [3.05, 3.63) is 40.9 Å². The number of carbonyl (C=O) groups is 1. The maximum Gasteiger partial charge on any atom is 0.226 e. The minimum atomic E-state index is -0.0166. The highest BCUT2D eigenvalue weighted by molar-refractivity contribution is 7.13. The number of nitrogens with two attached hydrogens (primary N) is 1. The van der Waals surface area contributed by atoms with E-state index in [-0.39, 0.29) is 5.91 Å². The molecule has 0 atom stereocenters. The molecular formula is C18H24N4OS. The van der Waals surface area contributed by atoms with Crippen LogP contribution in [0.4, 0.5) is 10.8 Å². The topological polar surface area (TPSA) is 71.2 Å². The molecule has 6 heteroatoms. The van der Waals surface area contributed by atoms with Gasteiger partial charge in [-0.1, -0.05) is 24.6 Å². The van der Waals surface area contributed by atoms with Crippen molar-refractivity contribution >= 4 is 28.1 Å². The molecule has 0 spiro atoms. The second kappa shape index (κ2) is 8.26. The number of piperidine rings is 1. The maximum atomic E-state index is 12.1. The number of thiazole rings is 1. The first-order valence-corrected chi connectivity index (χ1v) is 9.38.